The van der Waals surface area contributed by atoms with Crippen LogP contribution in [0, 0.1) is 0 Å². The van der Waals surface area contributed by atoms with Crippen LogP contribution in [0.15, 0.2) is 40.2 Å². The number of thiophene rings is 1. The normalized spacial score (nSPS) is 10.5. The Bertz CT molecular complexity index is 621. The number of carbonyl (C=O) groups is 1. The van der Waals surface area contributed by atoms with Crippen molar-refractivity contribution in [1.29, 1.82) is 0 Å². The van der Waals surface area contributed by atoms with Gasteiger partial charge in [-0.05, 0) is 40.2 Å². The number of benzene rings is 1. The summed E-state index contributed by atoms with van der Waals surface area (Å²) in [6.45, 7) is 0.605. The number of nitrogens with one attached hydrogen (secondary N) is 1. The fourth-order valence-corrected chi connectivity index (χ4v) is 4.26. The number of halogens is 2. The van der Waals surface area contributed by atoms with E-state index in [-0.39, 0.29) is 12.5 Å². The zero-order valence-corrected chi connectivity index (χ0v) is 15.7. The summed E-state index contributed by atoms with van der Waals surface area (Å²) in [4.78, 5) is 13.0. The molecule has 2 aromatic rings. The van der Waals surface area contributed by atoms with Gasteiger partial charge in [0.25, 0.3) is 5.91 Å². The minimum absolute atomic E-state index is 0.0216. The highest BCUT2D eigenvalue weighted by Gasteiger charge is 2.05. The van der Waals surface area contributed by atoms with Crippen LogP contribution in [0.4, 0.5) is 0 Å². The molecule has 0 aliphatic carbocycles. The van der Waals surface area contributed by atoms with Crippen molar-refractivity contribution in [2.24, 2.45) is 0 Å². The molecule has 2 rings (SSSR count). The van der Waals surface area contributed by atoms with Gasteiger partial charge in [-0.25, -0.2) is 0 Å². The quantitative estimate of drug-likeness (QED) is 0.635. The zero-order chi connectivity index (χ0) is 15.8. The molecule has 0 aliphatic rings. The number of rotatable bonds is 8. The van der Waals surface area contributed by atoms with Gasteiger partial charge in [-0.3, -0.25) is 4.79 Å². The topological polar surface area (TPSA) is 38.3 Å². The lowest BCUT2D eigenvalue weighted by atomic mass is 10.3. The van der Waals surface area contributed by atoms with Crippen molar-refractivity contribution >= 4 is 56.5 Å². The van der Waals surface area contributed by atoms with E-state index < -0.39 is 0 Å². The molecule has 3 nitrogen and oxygen atoms in total. The summed E-state index contributed by atoms with van der Waals surface area (Å²) >= 11 is 12.9. The van der Waals surface area contributed by atoms with Crippen molar-refractivity contribution in [3.63, 3.8) is 0 Å². The summed E-state index contributed by atoms with van der Waals surface area (Å²) in [5.74, 6) is 2.21. The molecule has 1 aromatic carbocycles. The van der Waals surface area contributed by atoms with E-state index in [1.165, 1.54) is 4.88 Å². The van der Waals surface area contributed by atoms with Gasteiger partial charge in [0.15, 0.2) is 6.61 Å². The molecule has 0 bridgehead atoms. The molecule has 22 heavy (non-hydrogen) atoms. The minimum Gasteiger partial charge on any atom is -0.482 e. The van der Waals surface area contributed by atoms with Gasteiger partial charge in [0, 0.05) is 22.9 Å². The van der Waals surface area contributed by atoms with Crippen molar-refractivity contribution in [3.05, 3.63) is 50.1 Å². The summed E-state index contributed by atoms with van der Waals surface area (Å²) in [7, 11) is 0. The lowest BCUT2D eigenvalue weighted by Gasteiger charge is -2.08. The second-order valence-corrected chi connectivity index (χ2v) is 8.39. The number of hydrogen-bond donors (Lipinski definition) is 1. The molecular formula is C15H15BrClNO2S2. The summed E-state index contributed by atoms with van der Waals surface area (Å²) in [5.41, 5.74) is 0. The molecule has 0 saturated carbocycles. The standard InChI is InChI=1S/C15H15BrClNO2S2/c16-14-6-5-11(22-14)10-21-8-7-18-15(19)9-20-13-4-2-1-3-12(13)17/h1-6H,7-10H2,(H,18,19). The maximum Gasteiger partial charge on any atom is 0.257 e. The van der Waals surface area contributed by atoms with Crippen molar-refractivity contribution in [1.82, 2.24) is 5.32 Å². The predicted octanol–water partition coefficient (Wildman–Crippen LogP) is 4.59. The number of carbonyl (C=O) groups excluding carboxylic acids is 1. The van der Waals surface area contributed by atoms with Crippen LogP contribution < -0.4 is 10.1 Å². The molecule has 0 radical (unpaired) electrons. The molecule has 0 saturated heterocycles. The molecule has 0 fully saturated rings. The fourth-order valence-electron chi connectivity index (χ4n) is 1.62. The second kappa shape index (κ2) is 9.45. The number of hydrogen-bond acceptors (Lipinski definition) is 4. The lowest BCUT2D eigenvalue weighted by Crippen LogP contribution is -2.30. The van der Waals surface area contributed by atoms with Crippen LogP contribution in [0.2, 0.25) is 5.02 Å². The Morgan fingerprint density at radius 1 is 1.32 bits per heavy atom. The minimum atomic E-state index is -0.139. The highest BCUT2D eigenvalue weighted by Crippen LogP contribution is 2.25. The molecular weight excluding hydrogens is 406 g/mol. The Labute approximate surface area is 151 Å². The summed E-state index contributed by atoms with van der Waals surface area (Å²) in [6, 6.07) is 11.3. The Hall–Kier alpha value is -0.690. The van der Waals surface area contributed by atoms with Gasteiger partial charge < -0.3 is 10.1 Å². The maximum atomic E-state index is 11.7. The Morgan fingerprint density at radius 2 is 2.14 bits per heavy atom. The highest BCUT2D eigenvalue weighted by molar-refractivity contribution is 9.11. The molecule has 0 atom stereocenters. The van der Waals surface area contributed by atoms with Gasteiger partial charge in [0.2, 0.25) is 0 Å². The average molecular weight is 421 g/mol. The second-order valence-electron chi connectivity index (χ2n) is 4.33. The van der Waals surface area contributed by atoms with Gasteiger partial charge in [0.1, 0.15) is 5.75 Å². The number of para-hydroxylation sites is 1. The van der Waals surface area contributed by atoms with E-state index in [9.17, 15) is 4.79 Å². The van der Waals surface area contributed by atoms with Crippen LogP contribution in [0.3, 0.4) is 0 Å². The Kier molecular flexibility index (Phi) is 7.59. The number of ether oxygens (including phenoxy) is 1. The summed E-state index contributed by atoms with van der Waals surface area (Å²) in [6.07, 6.45) is 0. The maximum absolute atomic E-state index is 11.7. The smallest absolute Gasteiger partial charge is 0.257 e. The van der Waals surface area contributed by atoms with Gasteiger partial charge in [-0.2, -0.15) is 11.8 Å². The molecule has 118 valence electrons. The van der Waals surface area contributed by atoms with E-state index in [4.69, 9.17) is 16.3 Å². The Morgan fingerprint density at radius 3 is 2.86 bits per heavy atom. The molecule has 7 heteroatoms. The monoisotopic (exact) mass is 419 g/mol. The first-order valence-electron chi connectivity index (χ1n) is 6.61. The van der Waals surface area contributed by atoms with Crippen molar-refractivity contribution < 1.29 is 9.53 Å². The summed E-state index contributed by atoms with van der Waals surface area (Å²) in [5, 5.41) is 3.34. The third-order valence-corrected chi connectivity index (χ3v) is 5.76. The van der Waals surface area contributed by atoms with Crippen LogP contribution in [0.1, 0.15) is 4.88 Å². The molecule has 1 amide bonds. The van der Waals surface area contributed by atoms with Crippen LogP contribution in [-0.4, -0.2) is 24.8 Å². The Balaban J connectivity index is 1.57. The third-order valence-electron chi connectivity index (χ3n) is 2.64. The third kappa shape index (κ3) is 6.20. The first-order valence-corrected chi connectivity index (χ1v) is 9.75. The van der Waals surface area contributed by atoms with E-state index in [2.05, 4.69) is 27.3 Å². The van der Waals surface area contributed by atoms with Gasteiger partial charge in [-0.1, -0.05) is 23.7 Å². The van der Waals surface area contributed by atoms with Gasteiger partial charge in [0.05, 0.1) is 8.81 Å². The van der Waals surface area contributed by atoms with Gasteiger partial charge >= 0.3 is 0 Å². The first-order chi connectivity index (χ1) is 10.6. The predicted molar refractivity (Wildman–Crippen MR) is 98.1 cm³/mol. The van der Waals surface area contributed by atoms with Gasteiger partial charge in [-0.15, -0.1) is 11.3 Å². The SMILES string of the molecule is O=C(COc1ccccc1Cl)NCCSCc1ccc(Br)s1. The van der Waals surface area contributed by atoms with E-state index in [0.717, 1.165) is 15.3 Å². The van der Waals surface area contributed by atoms with E-state index in [0.29, 0.717) is 17.3 Å². The zero-order valence-electron chi connectivity index (χ0n) is 11.7. The molecule has 1 heterocycles. The van der Waals surface area contributed by atoms with E-state index in [1.807, 2.05) is 18.2 Å². The van der Waals surface area contributed by atoms with Crippen LogP contribution >= 0.6 is 50.6 Å². The number of thioether (sulfide) groups is 1. The average Bonchev–Trinajstić information content (AvgIpc) is 2.91. The van der Waals surface area contributed by atoms with Crippen molar-refractivity contribution in [2.45, 2.75) is 5.75 Å². The van der Waals surface area contributed by atoms with Crippen molar-refractivity contribution in [3.8, 4) is 5.75 Å². The molecule has 1 aromatic heterocycles. The first kappa shape index (κ1) is 17.7. The molecule has 0 spiro atoms. The molecule has 1 N–H and O–H groups in total. The highest BCUT2D eigenvalue weighted by atomic mass is 79.9. The molecule has 0 unspecified atom stereocenters. The van der Waals surface area contributed by atoms with Crippen molar-refractivity contribution in [2.75, 3.05) is 18.9 Å². The van der Waals surface area contributed by atoms with E-state index >= 15 is 0 Å². The largest absolute Gasteiger partial charge is 0.482 e. The summed E-state index contributed by atoms with van der Waals surface area (Å²) < 4.78 is 6.52. The molecule has 0 aliphatic heterocycles. The van der Waals surface area contributed by atoms with Crippen LogP contribution in [0.25, 0.3) is 0 Å². The number of amides is 1. The fraction of sp³-hybridized carbons (Fsp3) is 0.267. The van der Waals surface area contributed by atoms with Crippen LogP contribution in [0.5, 0.6) is 5.75 Å². The van der Waals surface area contributed by atoms with Crippen LogP contribution in [-0.2, 0) is 10.5 Å². The lowest BCUT2D eigenvalue weighted by molar-refractivity contribution is -0.122. The van der Waals surface area contributed by atoms with E-state index in [1.54, 1.807) is 35.2 Å².